The molecule has 2 aromatic heterocycles. The molecule has 1 fully saturated rings. The van der Waals surface area contributed by atoms with Crippen molar-refractivity contribution in [2.24, 2.45) is 7.05 Å². The number of pyridine rings is 1. The van der Waals surface area contributed by atoms with Gasteiger partial charge in [-0.05, 0) is 37.1 Å². The molecule has 2 aliphatic rings. The molecule has 1 saturated heterocycles. The second-order valence-corrected chi connectivity index (χ2v) is 7.63. The molecule has 2 bridgehead atoms. The Bertz CT molecular complexity index is 1170. The molecule has 2 unspecified atom stereocenters. The van der Waals surface area contributed by atoms with Gasteiger partial charge in [0.25, 0.3) is 11.5 Å². The summed E-state index contributed by atoms with van der Waals surface area (Å²) in [5.74, 6) is 0.138. The largest absolute Gasteiger partial charge is 0.338 e. The maximum Gasteiger partial charge on any atom is 0.254 e. The molecule has 5 rings (SSSR count). The molecule has 0 radical (unpaired) electrons. The van der Waals surface area contributed by atoms with Gasteiger partial charge in [0.2, 0.25) is 0 Å². The minimum Gasteiger partial charge on any atom is -0.338 e. The topological polar surface area (TPSA) is 83.0 Å². The van der Waals surface area contributed by atoms with E-state index in [0.717, 1.165) is 24.1 Å². The van der Waals surface area contributed by atoms with Gasteiger partial charge < -0.3 is 14.8 Å². The number of anilines is 2. The third-order valence-corrected chi connectivity index (χ3v) is 5.83. The summed E-state index contributed by atoms with van der Waals surface area (Å²) in [6.45, 7) is 0. The number of benzene rings is 1. The number of H-pyrrole nitrogens is 1. The maximum absolute atomic E-state index is 13.6. The molecule has 2 N–H and O–H groups in total. The third-order valence-electron chi connectivity index (χ3n) is 5.83. The lowest BCUT2D eigenvalue weighted by molar-refractivity contribution is 0.0646. The summed E-state index contributed by atoms with van der Waals surface area (Å²) in [7, 11) is 1.66. The van der Waals surface area contributed by atoms with Gasteiger partial charge in [-0.15, -0.1) is 0 Å². The molecule has 0 spiro atoms. The first-order valence-electron chi connectivity index (χ1n) is 9.60. The quantitative estimate of drug-likeness (QED) is 0.717. The van der Waals surface area contributed by atoms with Crippen LogP contribution in [0.5, 0.6) is 0 Å². The number of carbonyl (C=O) groups is 1. The van der Waals surface area contributed by atoms with Crippen molar-refractivity contribution >= 4 is 17.4 Å². The van der Waals surface area contributed by atoms with Gasteiger partial charge in [0.1, 0.15) is 5.82 Å². The number of fused-ring (bicyclic) bond motifs is 4. The van der Waals surface area contributed by atoms with E-state index in [4.69, 9.17) is 0 Å². The van der Waals surface area contributed by atoms with Gasteiger partial charge in [0, 0.05) is 54.3 Å². The zero-order valence-electron chi connectivity index (χ0n) is 15.9. The number of rotatable bonds is 3. The molecule has 148 valence electrons. The Kier molecular flexibility index (Phi) is 4.01. The highest BCUT2D eigenvalue weighted by molar-refractivity contribution is 5.95. The van der Waals surface area contributed by atoms with Crippen LogP contribution >= 0.6 is 0 Å². The summed E-state index contributed by atoms with van der Waals surface area (Å²) in [6.07, 6.45) is 4.01. The van der Waals surface area contributed by atoms with Crippen LogP contribution < -0.4 is 10.9 Å². The van der Waals surface area contributed by atoms with Crippen LogP contribution in [0, 0.1) is 5.82 Å². The van der Waals surface area contributed by atoms with Gasteiger partial charge in [-0.2, -0.15) is 5.10 Å². The molecule has 7 nitrogen and oxygen atoms in total. The van der Waals surface area contributed by atoms with Crippen molar-refractivity contribution in [2.75, 3.05) is 5.32 Å². The van der Waals surface area contributed by atoms with Crippen molar-refractivity contribution in [1.82, 2.24) is 19.7 Å². The molecule has 0 aliphatic carbocycles. The molecule has 2 atom stereocenters. The Morgan fingerprint density at radius 3 is 2.93 bits per heavy atom. The predicted molar refractivity (Wildman–Crippen MR) is 106 cm³/mol. The fourth-order valence-corrected chi connectivity index (χ4v) is 4.44. The van der Waals surface area contributed by atoms with Crippen molar-refractivity contribution in [3.8, 4) is 0 Å². The predicted octanol–water partition coefficient (Wildman–Crippen LogP) is 2.89. The average molecular weight is 393 g/mol. The Morgan fingerprint density at radius 1 is 1.28 bits per heavy atom. The summed E-state index contributed by atoms with van der Waals surface area (Å²) >= 11 is 0. The molecule has 4 heterocycles. The SMILES string of the molecule is Cn1ccc(C(=O)N2C3CCC2c2c(Nc4cccc(F)c4)n[nH]c2C3)cc1=O. The minimum absolute atomic E-state index is 0.0755. The summed E-state index contributed by atoms with van der Waals surface area (Å²) in [5, 5.41) is 10.6. The number of aromatic nitrogens is 3. The maximum atomic E-state index is 13.6. The number of hydrogen-bond acceptors (Lipinski definition) is 4. The van der Waals surface area contributed by atoms with Gasteiger partial charge in [-0.25, -0.2) is 4.39 Å². The Morgan fingerprint density at radius 2 is 2.14 bits per heavy atom. The smallest absolute Gasteiger partial charge is 0.254 e. The number of halogens is 1. The van der Waals surface area contributed by atoms with Gasteiger partial charge in [-0.3, -0.25) is 14.7 Å². The third kappa shape index (κ3) is 2.91. The zero-order valence-corrected chi connectivity index (χ0v) is 15.9. The number of amides is 1. The first-order chi connectivity index (χ1) is 14.0. The van der Waals surface area contributed by atoms with E-state index in [1.54, 1.807) is 31.4 Å². The van der Waals surface area contributed by atoms with E-state index in [-0.39, 0.29) is 29.4 Å². The van der Waals surface area contributed by atoms with Crippen LogP contribution in [-0.4, -0.2) is 31.6 Å². The zero-order chi connectivity index (χ0) is 20.1. The highest BCUT2D eigenvalue weighted by Crippen LogP contribution is 2.46. The van der Waals surface area contributed by atoms with Crippen LogP contribution in [0.4, 0.5) is 15.9 Å². The molecule has 3 aromatic rings. The van der Waals surface area contributed by atoms with Crippen LogP contribution in [0.1, 0.15) is 40.5 Å². The Hall–Kier alpha value is -3.42. The van der Waals surface area contributed by atoms with E-state index in [9.17, 15) is 14.0 Å². The Balaban J connectivity index is 1.49. The lowest BCUT2D eigenvalue weighted by atomic mass is 9.98. The Labute approximate surface area is 166 Å². The van der Waals surface area contributed by atoms with E-state index in [1.165, 1.54) is 22.8 Å². The van der Waals surface area contributed by atoms with E-state index >= 15 is 0 Å². The lowest BCUT2D eigenvalue weighted by Gasteiger charge is -2.35. The minimum atomic E-state index is -0.331. The van der Waals surface area contributed by atoms with Crippen LogP contribution in [-0.2, 0) is 13.5 Å². The van der Waals surface area contributed by atoms with E-state index in [0.29, 0.717) is 23.5 Å². The summed E-state index contributed by atoms with van der Waals surface area (Å²) in [5.41, 5.74) is 2.74. The average Bonchev–Trinajstić information content (AvgIpc) is 3.23. The van der Waals surface area contributed by atoms with Crippen molar-refractivity contribution in [3.05, 3.63) is 75.6 Å². The highest BCUT2D eigenvalue weighted by Gasteiger charge is 2.45. The first kappa shape index (κ1) is 17.7. The number of nitrogens with zero attached hydrogens (tertiary/aromatic N) is 3. The molecular weight excluding hydrogens is 373 g/mol. The lowest BCUT2D eigenvalue weighted by Crippen LogP contribution is -2.42. The number of nitrogens with one attached hydrogen (secondary N) is 2. The van der Waals surface area contributed by atoms with Gasteiger partial charge >= 0.3 is 0 Å². The van der Waals surface area contributed by atoms with Crippen LogP contribution in [0.25, 0.3) is 0 Å². The second kappa shape index (κ2) is 6.58. The van der Waals surface area contributed by atoms with Gasteiger partial charge in [0.05, 0.1) is 6.04 Å². The summed E-state index contributed by atoms with van der Waals surface area (Å²) in [6, 6.07) is 9.21. The normalized spacial score (nSPS) is 19.9. The highest BCUT2D eigenvalue weighted by atomic mass is 19.1. The van der Waals surface area contributed by atoms with Gasteiger partial charge in [0.15, 0.2) is 5.82 Å². The fourth-order valence-electron chi connectivity index (χ4n) is 4.44. The summed E-state index contributed by atoms with van der Waals surface area (Å²) < 4.78 is 15.0. The molecular formula is C21H20FN5O2. The molecule has 8 heteroatoms. The standard InChI is InChI=1S/C21H20FN5O2/c1-26-8-7-12(9-18(26)28)21(29)27-15-5-6-17(27)19-16(11-15)24-25-20(19)23-14-4-2-3-13(22)10-14/h2-4,7-10,15,17H,5-6,11H2,1H3,(H2,23,24,25). The molecule has 0 saturated carbocycles. The van der Waals surface area contributed by atoms with E-state index < -0.39 is 0 Å². The molecule has 2 aliphatic heterocycles. The molecule has 1 aromatic carbocycles. The molecule has 1 amide bonds. The van der Waals surface area contributed by atoms with Crippen LogP contribution in [0.3, 0.4) is 0 Å². The van der Waals surface area contributed by atoms with Crippen LogP contribution in [0.2, 0.25) is 0 Å². The van der Waals surface area contributed by atoms with Crippen LogP contribution in [0.15, 0.2) is 47.4 Å². The first-order valence-corrected chi connectivity index (χ1v) is 9.60. The number of aromatic amines is 1. The van der Waals surface area contributed by atoms with E-state index in [2.05, 4.69) is 15.5 Å². The molecule has 29 heavy (non-hydrogen) atoms. The van der Waals surface area contributed by atoms with Gasteiger partial charge in [-0.1, -0.05) is 6.07 Å². The van der Waals surface area contributed by atoms with E-state index in [1.807, 2.05) is 4.90 Å². The summed E-state index contributed by atoms with van der Waals surface area (Å²) in [4.78, 5) is 27.1. The fraction of sp³-hybridized carbons (Fsp3) is 0.286. The number of aryl methyl sites for hydroxylation is 1. The number of hydrogen-bond donors (Lipinski definition) is 2. The van der Waals surface area contributed by atoms with Crippen molar-refractivity contribution in [1.29, 1.82) is 0 Å². The second-order valence-electron chi connectivity index (χ2n) is 7.63. The van der Waals surface area contributed by atoms with Crippen molar-refractivity contribution in [3.63, 3.8) is 0 Å². The van der Waals surface area contributed by atoms with Crippen molar-refractivity contribution in [2.45, 2.75) is 31.3 Å². The van der Waals surface area contributed by atoms with Crippen molar-refractivity contribution < 1.29 is 9.18 Å². The number of carbonyl (C=O) groups excluding carboxylic acids is 1. The monoisotopic (exact) mass is 393 g/mol.